The summed E-state index contributed by atoms with van der Waals surface area (Å²) >= 11 is 0. The van der Waals surface area contributed by atoms with E-state index in [1.54, 1.807) is 0 Å². The number of nitrogens with one attached hydrogen (secondary N) is 2. The predicted molar refractivity (Wildman–Crippen MR) is 170 cm³/mol. The molecule has 236 valence electrons. The zero-order chi connectivity index (χ0) is 30.4. The van der Waals surface area contributed by atoms with Crippen molar-refractivity contribution in [1.29, 1.82) is 0 Å². The minimum atomic E-state index is -0.489. The van der Waals surface area contributed by atoms with Gasteiger partial charge in [0, 0.05) is 44.7 Å². The van der Waals surface area contributed by atoms with Gasteiger partial charge in [0.15, 0.2) is 0 Å². The number of carbonyl (C=O) groups is 2. The fraction of sp³-hybridized carbons (Fsp3) is 0.676. The summed E-state index contributed by atoms with van der Waals surface area (Å²) in [5, 5.41) is 16.8. The third-order valence-electron chi connectivity index (χ3n) is 9.44. The van der Waals surface area contributed by atoms with Crippen molar-refractivity contribution < 1.29 is 19.4 Å². The van der Waals surface area contributed by atoms with Gasteiger partial charge in [0.1, 0.15) is 11.4 Å². The number of anilines is 1. The Labute approximate surface area is 256 Å². The number of nitrogens with zero attached hydrogens (tertiary/aromatic N) is 3. The molecule has 1 aliphatic carbocycles. The molecule has 0 spiro atoms. The SMILES string of the molecule is CC(C)(C)OC(=O)NCC1CCC(CNC(=O)c2cc(N3CCC(CCN4CCC(O)C4)CC3)nc3ccccc23)CC1. The summed E-state index contributed by atoms with van der Waals surface area (Å²) < 4.78 is 5.36. The Morgan fingerprint density at radius 2 is 1.60 bits per heavy atom. The van der Waals surface area contributed by atoms with Crippen LogP contribution in [-0.2, 0) is 4.74 Å². The number of amides is 2. The first kappa shape index (κ1) is 31.5. The van der Waals surface area contributed by atoms with Crippen molar-refractivity contribution in [3.05, 3.63) is 35.9 Å². The summed E-state index contributed by atoms with van der Waals surface area (Å²) in [5.41, 5.74) is 1.07. The molecule has 2 saturated heterocycles. The van der Waals surface area contributed by atoms with Crippen LogP contribution >= 0.6 is 0 Å². The van der Waals surface area contributed by atoms with E-state index in [0.29, 0.717) is 36.4 Å². The number of aliphatic hydroxyl groups excluding tert-OH is 1. The zero-order valence-corrected chi connectivity index (χ0v) is 26.3. The molecule has 1 unspecified atom stereocenters. The molecule has 5 rings (SSSR count). The fourth-order valence-corrected chi connectivity index (χ4v) is 6.86. The summed E-state index contributed by atoms with van der Waals surface area (Å²) in [5.74, 6) is 2.44. The number of aromatic nitrogens is 1. The summed E-state index contributed by atoms with van der Waals surface area (Å²) in [4.78, 5) is 35.2. The van der Waals surface area contributed by atoms with Crippen LogP contribution in [0.3, 0.4) is 0 Å². The molecule has 2 amide bonds. The molecule has 2 aliphatic heterocycles. The molecule has 3 heterocycles. The Bertz CT molecular complexity index is 1230. The smallest absolute Gasteiger partial charge is 0.407 e. The van der Waals surface area contributed by atoms with Gasteiger partial charge in [0.05, 0.1) is 17.2 Å². The van der Waals surface area contributed by atoms with Gasteiger partial charge in [-0.3, -0.25) is 4.79 Å². The monoisotopic (exact) mass is 593 g/mol. The molecule has 2 aromatic rings. The van der Waals surface area contributed by atoms with Gasteiger partial charge in [0.25, 0.3) is 5.91 Å². The van der Waals surface area contributed by atoms with E-state index >= 15 is 0 Å². The fourth-order valence-electron chi connectivity index (χ4n) is 6.86. The molecule has 0 bridgehead atoms. The number of hydrogen-bond acceptors (Lipinski definition) is 7. The van der Waals surface area contributed by atoms with E-state index in [1.165, 1.54) is 6.42 Å². The lowest BCUT2D eigenvalue weighted by molar-refractivity contribution is 0.0512. The van der Waals surface area contributed by atoms with E-state index in [1.807, 2.05) is 51.1 Å². The Kier molecular flexibility index (Phi) is 10.4. The van der Waals surface area contributed by atoms with Crippen LogP contribution in [0.15, 0.2) is 30.3 Å². The van der Waals surface area contributed by atoms with Crippen molar-refractivity contribution in [3.8, 4) is 0 Å². The van der Waals surface area contributed by atoms with E-state index in [0.717, 1.165) is 94.4 Å². The van der Waals surface area contributed by atoms with E-state index in [2.05, 4.69) is 20.4 Å². The quantitative estimate of drug-likeness (QED) is 0.377. The third-order valence-corrected chi connectivity index (χ3v) is 9.44. The lowest BCUT2D eigenvalue weighted by Gasteiger charge is -2.34. The van der Waals surface area contributed by atoms with Crippen LogP contribution in [0.1, 0.15) is 82.5 Å². The minimum absolute atomic E-state index is 0.0312. The third kappa shape index (κ3) is 9.05. The molecule has 3 fully saturated rings. The van der Waals surface area contributed by atoms with Crippen molar-refractivity contribution in [3.63, 3.8) is 0 Å². The molecule has 3 N–H and O–H groups in total. The van der Waals surface area contributed by atoms with Crippen LogP contribution in [0.5, 0.6) is 0 Å². The number of aliphatic hydroxyl groups is 1. The van der Waals surface area contributed by atoms with Gasteiger partial charge in [-0.25, -0.2) is 9.78 Å². The zero-order valence-electron chi connectivity index (χ0n) is 26.3. The van der Waals surface area contributed by atoms with Crippen LogP contribution < -0.4 is 15.5 Å². The minimum Gasteiger partial charge on any atom is -0.444 e. The first-order chi connectivity index (χ1) is 20.6. The van der Waals surface area contributed by atoms with Crippen molar-refractivity contribution in [2.75, 3.05) is 50.7 Å². The first-order valence-electron chi connectivity index (χ1n) is 16.4. The molecule has 1 aromatic carbocycles. The molecule has 43 heavy (non-hydrogen) atoms. The highest BCUT2D eigenvalue weighted by Gasteiger charge is 2.26. The predicted octanol–water partition coefficient (Wildman–Crippen LogP) is 4.97. The second-order valence-electron chi connectivity index (χ2n) is 14.0. The number of pyridine rings is 1. The second-order valence-corrected chi connectivity index (χ2v) is 14.0. The maximum Gasteiger partial charge on any atom is 0.407 e. The van der Waals surface area contributed by atoms with Crippen LogP contribution in [0, 0.1) is 17.8 Å². The summed E-state index contributed by atoms with van der Waals surface area (Å²) in [7, 11) is 0. The van der Waals surface area contributed by atoms with E-state index in [9.17, 15) is 14.7 Å². The van der Waals surface area contributed by atoms with Gasteiger partial charge in [-0.15, -0.1) is 0 Å². The van der Waals surface area contributed by atoms with Crippen LogP contribution in [0.4, 0.5) is 10.6 Å². The van der Waals surface area contributed by atoms with Gasteiger partial charge in [-0.2, -0.15) is 0 Å². The molecule has 1 atom stereocenters. The first-order valence-corrected chi connectivity index (χ1v) is 16.4. The highest BCUT2D eigenvalue weighted by molar-refractivity contribution is 6.07. The lowest BCUT2D eigenvalue weighted by Crippen LogP contribution is -2.37. The normalized spacial score (nSPS) is 23.8. The Hall–Kier alpha value is -2.91. The Morgan fingerprint density at radius 1 is 0.930 bits per heavy atom. The van der Waals surface area contributed by atoms with Crippen molar-refractivity contribution >= 4 is 28.7 Å². The van der Waals surface area contributed by atoms with E-state index < -0.39 is 5.60 Å². The number of para-hydroxylation sites is 1. The molecular formula is C34H51N5O4. The molecule has 9 heteroatoms. The molecule has 1 aromatic heterocycles. The number of rotatable bonds is 9. The topological polar surface area (TPSA) is 107 Å². The number of piperidine rings is 1. The van der Waals surface area contributed by atoms with Crippen LogP contribution in [-0.4, -0.2) is 84.5 Å². The van der Waals surface area contributed by atoms with Crippen molar-refractivity contribution in [1.82, 2.24) is 20.5 Å². The average molecular weight is 594 g/mol. The number of β-amino-alcohol motifs (C(OH)–C–C–N with tert-alkyl or cyclic N) is 1. The number of benzene rings is 1. The van der Waals surface area contributed by atoms with Crippen LogP contribution in [0.25, 0.3) is 10.9 Å². The number of carbonyl (C=O) groups excluding carboxylic acids is 2. The summed E-state index contributed by atoms with van der Waals surface area (Å²) in [6.45, 7) is 11.7. The van der Waals surface area contributed by atoms with Gasteiger partial charge >= 0.3 is 6.09 Å². The van der Waals surface area contributed by atoms with Gasteiger partial charge in [-0.1, -0.05) is 18.2 Å². The Morgan fingerprint density at radius 3 is 2.26 bits per heavy atom. The summed E-state index contributed by atoms with van der Waals surface area (Å²) in [6, 6.07) is 9.93. The molecular weight excluding hydrogens is 542 g/mol. The highest BCUT2D eigenvalue weighted by Crippen LogP contribution is 2.30. The maximum absolute atomic E-state index is 13.5. The second kappa shape index (κ2) is 14.2. The average Bonchev–Trinajstić information content (AvgIpc) is 3.42. The highest BCUT2D eigenvalue weighted by atomic mass is 16.6. The van der Waals surface area contributed by atoms with E-state index in [4.69, 9.17) is 9.72 Å². The van der Waals surface area contributed by atoms with Gasteiger partial charge < -0.3 is 30.3 Å². The summed E-state index contributed by atoms with van der Waals surface area (Å²) in [6.07, 6.45) is 7.98. The van der Waals surface area contributed by atoms with Crippen molar-refractivity contribution in [2.24, 2.45) is 17.8 Å². The number of hydrogen-bond donors (Lipinski definition) is 3. The number of alkyl carbamates (subject to hydrolysis) is 1. The molecule has 0 radical (unpaired) electrons. The standard InChI is InChI=1S/C34H51N5O4/c1-34(2,3)43-33(42)36-22-26-10-8-25(9-11-26)21-35-32(41)29-20-31(37-30-7-5-4-6-28(29)30)39-18-13-24(14-19-39)12-16-38-17-15-27(40)23-38/h4-7,20,24-27,40H,8-19,21-23H2,1-3H3,(H,35,41)(H,36,42). The van der Waals surface area contributed by atoms with Crippen LogP contribution in [0.2, 0.25) is 0 Å². The number of ether oxygens (including phenoxy) is 1. The largest absolute Gasteiger partial charge is 0.444 e. The molecule has 9 nitrogen and oxygen atoms in total. The van der Waals surface area contributed by atoms with Crippen molar-refractivity contribution in [2.45, 2.75) is 83.8 Å². The maximum atomic E-state index is 13.5. The van der Waals surface area contributed by atoms with E-state index in [-0.39, 0.29) is 18.1 Å². The van der Waals surface area contributed by atoms with Gasteiger partial charge in [0.2, 0.25) is 0 Å². The number of likely N-dealkylation sites (tertiary alicyclic amines) is 1. The molecule has 3 aliphatic rings. The lowest BCUT2D eigenvalue weighted by atomic mass is 9.82. The van der Waals surface area contributed by atoms with Gasteiger partial charge in [-0.05, 0) is 109 Å². The molecule has 1 saturated carbocycles. The Balaban J connectivity index is 1.11. The number of fused-ring (bicyclic) bond motifs is 1.